The van der Waals surface area contributed by atoms with Gasteiger partial charge in [0.15, 0.2) is 0 Å². The lowest BCUT2D eigenvalue weighted by molar-refractivity contribution is 0.0760. The van der Waals surface area contributed by atoms with Crippen LogP contribution in [0.3, 0.4) is 0 Å². The standard InChI is InChI=1S/C19H29N3O3S/c1-16-7-8-17(26(24,25)22-13-11-20(2)12-14-22)15-18(16)19(23)21-9-5-3-4-6-10-21/h7-8,15H,3-6,9-14H2,1-2H3. The fourth-order valence-corrected chi connectivity index (χ4v) is 5.06. The fourth-order valence-electron chi connectivity index (χ4n) is 3.61. The quantitative estimate of drug-likeness (QED) is 0.805. The van der Waals surface area contributed by atoms with Crippen molar-refractivity contribution in [3.63, 3.8) is 0 Å². The lowest BCUT2D eigenvalue weighted by Crippen LogP contribution is -2.47. The molecule has 0 atom stereocenters. The van der Waals surface area contributed by atoms with Crippen LogP contribution in [0, 0.1) is 6.92 Å². The van der Waals surface area contributed by atoms with Crippen molar-refractivity contribution in [3.8, 4) is 0 Å². The zero-order chi connectivity index (χ0) is 18.7. The number of carbonyl (C=O) groups is 1. The molecule has 144 valence electrons. The Morgan fingerprint density at radius 3 is 2.15 bits per heavy atom. The van der Waals surface area contributed by atoms with Gasteiger partial charge in [0.25, 0.3) is 5.91 Å². The minimum absolute atomic E-state index is 0.0418. The normalized spacial score (nSPS) is 20.8. The summed E-state index contributed by atoms with van der Waals surface area (Å²) in [6.07, 6.45) is 4.34. The van der Waals surface area contributed by atoms with Gasteiger partial charge in [-0.2, -0.15) is 4.31 Å². The fraction of sp³-hybridized carbons (Fsp3) is 0.632. The van der Waals surface area contributed by atoms with Gasteiger partial charge in [-0.15, -0.1) is 0 Å². The van der Waals surface area contributed by atoms with E-state index in [0.717, 1.165) is 57.4 Å². The first-order chi connectivity index (χ1) is 12.4. The maximum Gasteiger partial charge on any atom is 0.254 e. The highest BCUT2D eigenvalue weighted by molar-refractivity contribution is 7.89. The SMILES string of the molecule is Cc1ccc(S(=O)(=O)N2CCN(C)CC2)cc1C(=O)N1CCCCCC1. The van der Waals surface area contributed by atoms with Gasteiger partial charge in [0.05, 0.1) is 4.90 Å². The molecule has 2 aliphatic rings. The Bertz CT molecular complexity index is 747. The van der Waals surface area contributed by atoms with Crippen LogP contribution in [-0.4, -0.2) is 74.7 Å². The van der Waals surface area contributed by atoms with E-state index in [9.17, 15) is 13.2 Å². The topological polar surface area (TPSA) is 60.9 Å². The number of nitrogens with zero attached hydrogens (tertiary/aromatic N) is 3. The molecule has 26 heavy (non-hydrogen) atoms. The summed E-state index contributed by atoms with van der Waals surface area (Å²) in [5, 5.41) is 0. The number of hydrogen-bond acceptors (Lipinski definition) is 4. The van der Waals surface area contributed by atoms with Crippen molar-refractivity contribution < 1.29 is 13.2 Å². The van der Waals surface area contributed by atoms with Crippen molar-refractivity contribution in [2.75, 3.05) is 46.3 Å². The Morgan fingerprint density at radius 2 is 1.54 bits per heavy atom. The summed E-state index contributed by atoms with van der Waals surface area (Å²) in [6.45, 7) is 5.82. The Labute approximate surface area is 156 Å². The average Bonchev–Trinajstić information content (AvgIpc) is 2.91. The van der Waals surface area contributed by atoms with E-state index in [1.165, 1.54) is 4.31 Å². The van der Waals surface area contributed by atoms with Crippen molar-refractivity contribution in [1.82, 2.24) is 14.1 Å². The molecule has 2 saturated heterocycles. The van der Waals surface area contributed by atoms with Crippen LogP contribution in [0.15, 0.2) is 23.1 Å². The summed E-state index contributed by atoms with van der Waals surface area (Å²) in [4.78, 5) is 17.2. The number of piperazine rings is 1. The van der Waals surface area contributed by atoms with Crippen LogP contribution in [0.1, 0.15) is 41.6 Å². The first kappa shape index (κ1) is 19.3. The molecule has 7 heteroatoms. The van der Waals surface area contributed by atoms with Crippen LogP contribution in [0.4, 0.5) is 0 Å². The van der Waals surface area contributed by atoms with E-state index in [1.807, 2.05) is 18.9 Å². The molecule has 0 spiro atoms. The molecule has 0 N–H and O–H groups in total. The molecule has 0 unspecified atom stereocenters. The molecule has 2 fully saturated rings. The molecule has 2 heterocycles. The van der Waals surface area contributed by atoms with Crippen LogP contribution in [0.5, 0.6) is 0 Å². The van der Waals surface area contributed by atoms with Gasteiger partial charge in [-0.3, -0.25) is 4.79 Å². The van der Waals surface area contributed by atoms with Gasteiger partial charge < -0.3 is 9.80 Å². The molecular weight excluding hydrogens is 350 g/mol. The van der Waals surface area contributed by atoms with Crippen LogP contribution >= 0.6 is 0 Å². The Morgan fingerprint density at radius 1 is 0.923 bits per heavy atom. The number of rotatable bonds is 3. The minimum Gasteiger partial charge on any atom is -0.339 e. The summed E-state index contributed by atoms with van der Waals surface area (Å²) in [7, 11) is -1.57. The number of sulfonamides is 1. The van der Waals surface area contributed by atoms with Crippen molar-refractivity contribution in [1.29, 1.82) is 0 Å². The maximum absolute atomic E-state index is 13.0. The number of carbonyl (C=O) groups excluding carboxylic acids is 1. The third-order valence-corrected chi connectivity index (χ3v) is 7.33. The summed E-state index contributed by atoms with van der Waals surface area (Å²) in [5.41, 5.74) is 1.35. The van der Waals surface area contributed by atoms with Gasteiger partial charge in [-0.05, 0) is 44.5 Å². The molecule has 0 aromatic heterocycles. The zero-order valence-electron chi connectivity index (χ0n) is 15.8. The van der Waals surface area contributed by atoms with Crippen LogP contribution in [0.2, 0.25) is 0 Å². The molecule has 0 aliphatic carbocycles. The molecule has 2 aliphatic heterocycles. The van der Waals surface area contributed by atoms with E-state index in [1.54, 1.807) is 18.2 Å². The Kier molecular flexibility index (Phi) is 5.99. The van der Waals surface area contributed by atoms with Crippen molar-refractivity contribution in [2.45, 2.75) is 37.5 Å². The second kappa shape index (κ2) is 8.06. The van der Waals surface area contributed by atoms with Gasteiger partial charge in [-0.25, -0.2) is 8.42 Å². The Hall–Kier alpha value is -1.44. The van der Waals surface area contributed by atoms with Crippen molar-refractivity contribution in [3.05, 3.63) is 29.3 Å². The molecule has 6 nitrogen and oxygen atoms in total. The number of likely N-dealkylation sites (N-methyl/N-ethyl adjacent to an activating group) is 1. The zero-order valence-corrected chi connectivity index (χ0v) is 16.6. The predicted molar refractivity (Wildman–Crippen MR) is 102 cm³/mol. The summed E-state index contributed by atoms with van der Waals surface area (Å²) in [5.74, 6) is -0.0418. The van der Waals surface area contributed by atoms with Crippen molar-refractivity contribution in [2.24, 2.45) is 0 Å². The van der Waals surface area contributed by atoms with Crippen LogP contribution < -0.4 is 0 Å². The van der Waals surface area contributed by atoms with E-state index < -0.39 is 10.0 Å². The van der Waals surface area contributed by atoms with E-state index in [2.05, 4.69) is 4.90 Å². The van der Waals surface area contributed by atoms with Crippen LogP contribution in [0.25, 0.3) is 0 Å². The maximum atomic E-state index is 13.0. The number of hydrogen-bond donors (Lipinski definition) is 0. The lowest BCUT2D eigenvalue weighted by Gasteiger charge is -2.31. The predicted octanol–water partition coefficient (Wildman–Crippen LogP) is 1.95. The highest BCUT2D eigenvalue weighted by Crippen LogP contribution is 2.23. The van der Waals surface area contributed by atoms with Crippen LogP contribution in [-0.2, 0) is 10.0 Å². The third-order valence-electron chi connectivity index (χ3n) is 5.43. The molecule has 0 bridgehead atoms. The molecule has 1 aromatic rings. The van der Waals surface area contributed by atoms with Gasteiger partial charge >= 0.3 is 0 Å². The monoisotopic (exact) mass is 379 g/mol. The molecule has 1 amide bonds. The second-order valence-corrected chi connectivity index (χ2v) is 9.33. The van der Waals surface area contributed by atoms with E-state index in [-0.39, 0.29) is 10.8 Å². The molecular formula is C19H29N3O3S. The highest BCUT2D eigenvalue weighted by atomic mass is 32.2. The average molecular weight is 380 g/mol. The largest absolute Gasteiger partial charge is 0.339 e. The van der Waals surface area contributed by atoms with Crippen molar-refractivity contribution >= 4 is 15.9 Å². The van der Waals surface area contributed by atoms with Gasteiger partial charge in [0, 0.05) is 44.8 Å². The Balaban J connectivity index is 1.86. The number of aryl methyl sites for hydroxylation is 1. The van der Waals surface area contributed by atoms with Gasteiger partial charge in [0.1, 0.15) is 0 Å². The van der Waals surface area contributed by atoms with E-state index in [4.69, 9.17) is 0 Å². The first-order valence-corrected chi connectivity index (χ1v) is 10.9. The highest BCUT2D eigenvalue weighted by Gasteiger charge is 2.29. The molecule has 3 rings (SSSR count). The molecule has 0 radical (unpaired) electrons. The number of likely N-dealkylation sites (tertiary alicyclic amines) is 1. The molecule has 1 aromatic carbocycles. The summed E-state index contributed by atoms with van der Waals surface area (Å²) < 4.78 is 27.5. The number of benzene rings is 1. The number of amides is 1. The minimum atomic E-state index is -3.56. The summed E-state index contributed by atoms with van der Waals surface area (Å²) in [6, 6.07) is 4.96. The molecule has 0 saturated carbocycles. The van der Waals surface area contributed by atoms with Gasteiger partial charge in [-0.1, -0.05) is 18.9 Å². The van der Waals surface area contributed by atoms with E-state index in [0.29, 0.717) is 18.7 Å². The third kappa shape index (κ3) is 4.10. The first-order valence-electron chi connectivity index (χ1n) is 9.48. The summed E-state index contributed by atoms with van der Waals surface area (Å²) >= 11 is 0. The van der Waals surface area contributed by atoms with Gasteiger partial charge in [0.2, 0.25) is 10.0 Å². The smallest absolute Gasteiger partial charge is 0.254 e. The van der Waals surface area contributed by atoms with E-state index >= 15 is 0 Å². The second-order valence-electron chi connectivity index (χ2n) is 7.39. The lowest BCUT2D eigenvalue weighted by atomic mass is 10.1.